The van der Waals surface area contributed by atoms with Crippen LogP contribution in [-0.4, -0.2) is 12.5 Å². The van der Waals surface area contributed by atoms with Gasteiger partial charge in [-0.1, -0.05) is 15.9 Å². The van der Waals surface area contributed by atoms with Crippen molar-refractivity contribution in [3.05, 3.63) is 28.2 Å². The van der Waals surface area contributed by atoms with E-state index in [1.54, 1.807) is 0 Å². The van der Waals surface area contributed by atoms with Gasteiger partial charge >= 0.3 is 6.18 Å². The van der Waals surface area contributed by atoms with Crippen molar-refractivity contribution < 1.29 is 18.0 Å². The van der Waals surface area contributed by atoms with E-state index in [9.17, 15) is 18.0 Å². The number of benzene rings is 1. The number of halogens is 5. The van der Waals surface area contributed by atoms with Gasteiger partial charge in [0.2, 0.25) is 5.91 Å². The number of anilines is 1. The third-order valence-corrected chi connectivity index (χ3v) is 2.62. The van der Waals surface area contributed by atoms with Gasteiger partial charge in [-0.3, -0.25) is 4.79 Å². The molecule has 0 heterocycles. The van der Waals surface area contributed by atoms with E-state index in [-0.39, 0.29) is 35.5 Å². The van der Waals surface area contributed by atoms with Crippen LogP contribution in [0.2, 0.25) is 0 Å². The highest BCUT2D eigenvalue weighted by Crippen LogP contribution is 2.36. The first-order valence-corrected chi connectivity index (χ1v) is 5.50. The fourth-order valence-corrected chi connectivity index (χ4v) is 1.65. The molecule has 3 nitrogen and oxygen atoms in total. The lowest BCUT2D eigenvalue weighted by molar-refractivity contribution is -0.138. The highest BCUT2D eigenvalue weighted by atomic mass is 79.9. The van der Waals surface area contributed by atoms with E-state index in [1.807, 2.05) is 0 Å². The molecular weight excluding hydrogens is 336 g/mol. The average Bonchev–Trinajstić information content (AvgIpc) is 2.19. The van der Waals surface area contributed by atoms with E-state index in [1.165, 1.54) is 12.1 Å². The molecule has 0 spiro atoms. The fraction of sp³-hybridized carbons (Fsp3) is 0.300. The van der Waals surface area contributed by atoms with E-state index in [0.29, 0.717) is 0 Å². The third-order valence-electron chi connectivity index (χ3n) is 1.93. The van der Waals surface area contributed by atoms with Crippen LogP contribution in [0.1, 0.15) is 12.0 Å². The zero-order chi connectivity index (χ0) is 13.1. The van der Waals surface area contributed by atoms with Crippen LogP contribution in [0.3, 0.4) is 0 Å². The highest BCUT2D eigenvalue weighted by Gasteiger charge is 2.33. The average molecular weight is 348 g/mol. The number of rotatable bonds is 3. The molecule has 0 saturated heterocycles. The SMILES string of the molecule is Cl.NCCC(=O)Nc1ccc(Br)c(C(F)(F)F)c1. The van der Waals surface area contributed by atoms with E-state index in [2.05, 4.69) is 21.2 Å². The molecule has 1 rings (SSSR count). The van der Waals surface area contributed by atoms with Gasteiger partial charge < -0.3 is 11.1 Å². The number of carbonyl (C=O) groups is 1. The second-order valence-electron chi connectivity index (χ2n) is 3.28. The molecule has 3 N–H and O–H groups in total. The second kappa shape index (κ2) is 6.96. The Morgan fingerprint density at radius 1 is 1.39 bits per heavy atom. The van der Waals surface area contributed by atoms with Crippen LogP contribution in [-0.2, 0) is 11.0 Å². The Morgan fingerprint density at radius 2 is 2.00 bits per heavy atom. The molecule has 0 saturated carbocycles. The van der Waals surface area contributed by atoms with Crippen LogP contribution in [0, 0.1) is 0 Å². The van der Waals surface area contributed by atoms with Crippen molar-refractivity contribution in [2.75, 3.05) is 11.9 Å². The monoisotopic (exact) mass is 346 g/mol. The van der Waals surface area contributed by atoms with Gasteiger partial charge in [0.15, 0.2) is 0 Å². The number of alkyl halides is 3. The van der Waals surface area contributed by atoms with E-state index >= 15 is 0 Å². The minimum absolute atomic E-state index is 0. The predicted octanol–water partition coefficient (Wildman–Crippen LogP) is 3.18. The van der Waals surface area contributed by atoms with Crippen molar-refractivity contribution in [1.82, 2.24) is 0 Å². The van der Waals surface area contributed by atoms with Crippen molar-refractivity contribution in [1.29, 1.82) is 0 Å². The topological polar surface area (TPSA) is 55.1 Å². The summed E-state index contributed by atoms with van der Waals surface area (Å²) < 4.78 is 37.6. The van der Waals surface area contributed by atoms with Crippen molar-refractivity contribution in [3.8, 4) is 0 Å². The smallest absolute Gasteiger partial charge is 0.330 e. The molecule has 1 aromatic carbocycles. The lowest BCUT2D eigenvalue weighted by Gasteiger charge is -2.11. The summed E-state index contributed by atoms with van der Waals surface area (Å²) in [4.78, 5) is 11.2. The molecule has 0 aliphatic heterocycles. The van der Waals surface area contributed by atoms with E-state index < -0.39 is 17.6 Å². The number of nitrogens with one attached hydrogen (secondary N) is 1. The maximum absolute atomic E-state index is 12.6. The third kappa shape index (κ3) is 4.83. The second-order valence-corrected chi connectivity index (χ2v) is 4.13. The molecule has 0 atom stereocenters. The zero-order valence-corrected chi connectivity index (χ0v) is 11.5. The molecule has 18 heavy (non-hydrogen) atoms. The Balaban J connectivity index is 0.00000289. The lowest BCUT2D eigenvalue weighted by atomic mass is 10.2. The van der Waals surface area contributed by atoms with Gasteiger partial charge in [-0.25, -0.2) is 0 Å². The first-order chi connectivity index (χ1) is 7.84. The van der Waals surface area contributed by atoms with Gasteiger partial charge in [0.05, 0.1) is 5.56 Å². The summed E-state index contributed by atoms with van der Waals surface area (Å²) in [5.74, 6) is -0.414. The number of carbonyl (C=O) groups excluding carboxylic acids is 1. The summed E-state index contributed by atoms with van der Waals surface area (Å²) in [6, 6.07) is 3.49. The number of hydrogen-bond donors (Lipinski definition) is 2. The summed E-state index contributed by atoms with van der Waals surface area (Å²) in [6.07, 6.45) is -4.40. The summed E-state index contributed by atoms with van der Waals surface area (Å²) in [6.45, 7) is 0.147. The Bertz CT molecular complexity index is 426. The maximum atomic E-state index is 12.6. The molecule has 0 radical (unpaired) electrons. The molecule has 0 aliphatic rings. The standard InChI is InChI=1S/C10H10BrF3N2O.ClH/c11-8-2-1-6(16-9(17)3-4-15)5-7(8)10(12,13)14;/h1-2,5H,3-4,15H2,(H,16,17);1H. The first-order valence-electron chi connectivity index (χ1n) is 4.71. The molecule has 0 aliphatic carbocycles. The van der Waals surface area contributed by atoms with E-state index in [4.69, 9.17) is 5.73 Å². The van der Waals surface area contributed by atoms with Crippen LogP contribution in [0.15, 0.2) is 22.7 Å². The first kappa shape index (κ1) is 17.2. The summed E-state index contributed by atoms with van der Waals surface area (Å²) >= 11 is 2.81. The van der Waals surface area contributed by atoms with Gasteiger partial charge in [0, 0.05) is 23.1 Å². The number of amides is 1. The fourth-order valence-electron chi connectivity index (χ4n) is 1.17. The van der Waals surface area contributed by atoms with Crippen LogP contribution >= 0.6 is 28.3 Å². The Morgan fingerprint density at radius 3 is 2.50 bits per heavy atom. The number of hydrogen-bond acceptors (Lipinski definition) is 2. The summed E-state index contributed by atoms with van der Waals surface area (Å²) in [5, 5.41) is 2.34. The quantitative estimate of drug-likeness (QED) is 0.882. The lowest BCUT2D eigenvalue weighted by Crippen LogP contribution is -2.16. The maximum Gasteiger partial charge on any atom is 0.417 e. The number of nitrogens with two attached hydrogens (primary N) is 1. The van der Waals surface area contributed by atoms with Crippen LogP contribution < -0.4 is 11.1 Å². The van der Waals surface area contributed by atoms with Crippen molar-refractivity contribution in [3.63, 3.8) is 0 Å². The molecule has 1 aromatic rings. The Kier molecular flexibility index (Phi) is 6.66. The van der Waals surface area contributed by atoms with Gasteiger partial charge in [-0.05, 0) is 18.2 Å². The van der Waals surface area contributed by atoms with Crippen LogP contribution in [0.5, 0.6) is 0 Å². The van der Waals surface area contributed by atoms with Crippen molar-refractivity contribution in [2.45, 2.75) is 12.6 Å². The molecule has 0 unspecified atom stereocenters. The largest absolute Gasteiger partial charge is 0.417 e. The van der Waals surface area contributed by atoms with Gasteiger partial charge in [-0.15, -0.1) is 12.4 Å². The van der Waals surface area contributed by atoms with E-state index in [0.717, 1.165) is 6.07 Å². The Labute approximate surface area is 116 Å². The molecule has 102 valence electrons. The molecule has 0 bridgehead atoms. The molecule has 1 amide bonds. The van der Waals surface area contributed by atoms with Gasteiger partial charge in [-0.2, -0.15) is 13.2 Å². The minimum atomic E-state index is -4.46. The summed E-state index contributed by atoms with van der Waals surface area (Å²) in [5.41, 5.74) is 4.42. The van der Waals surface area contributed by atoms with Crippen molar-refractivity contribution in [2.24, 2.45) is 5.73 Å². The molecule has 0 fully saturated rings. The van der Waals surface area contributed by atoms with Crippen LogP contribution in [0.4, 0.5) is 18.9 Å². The normalized spacial score (nSPS) is 10.7. The molecular formula is C10H11BrClF3N2O. The Hall–Kier alpha value is -0.790. The highest BCUT2D eigenvalue weighted by molar-refractivity contribution is 9.10. The van der Waals surface area contributed by atoms with Crippen molar-refractivity contribution >= 4 is 39.9 Å². The van der Waals surface area contributed by atoms with Crippen LogP contribution in [0.25, 0.3) is 0 Å². The molecule has 8 heteroatoms. The predicted molar refractivity (Wildman–Crippen MR) is 68.7 cm³/mol. The summed E-state index contributed by atoms with van der Waals surface area (Å²) in [7, 11) is 0. The van der Waals surface area contributed by atoms with Gasteiger partial charge in [0.1, 0.15) is 0 Å². The molecule has 0 aromatic heterocycles. The zero-order valence-electron chi connectivity index (χ0n) is 9.05. The van der Waals surface area contributed by atoms with Gasteiger partial charge in [0.25, 0.3) is 0 Å². The minimum Gasteiger partial charge on any atom is -0.330 e.